The Bertz CT molecular complexity index is 988. The second kappa shape index (κ2) is 10.4. The summed E-state index contributed by atoms with van der Waals surface area (Å²) in [4.78, 5) is 28.5. The quantitative estimate of drug-likeness (QED) is 0.321. The lowest BCUT2D eigenvalue weighted by molar-refractivity contribution is -0.131. The lowest BCUT2D eigenvalue weighted by Crippen LogP contribution is -2.49. The Morgan fingerprint density at radius 1 is 0.781 bits per heavy atom. The molecule has 0 aromatic heterocycles. The van der Waals surface area contributed by atoms with E-state index in [1.54, 1.807) is 24.3 Å². The number of ketones is 1. The number of esters is 1. The number of piperazine rings is 1. The van der Waals surface area contributed by atoms with Gasteiger partial charge in [0.05, 0.1) is 12.6 Å². The van der Waals surface area contributed by atoms with E-state index in [2.05, 4.69) is 58.3 Å². The van der Waals surface area contributed by atoms with Crippen molar-refractivity contribution in [2.45, 2.75) is 13.0 Å². The van der Waals surface area contributed by atoms with Gasteiger partial charge in [0, 0.05) is 38.7 Å². The molecule has 5 nitrogen and oxygen atoms in total. The van der Waals surface area contributed by atoms with Gasteiger partial charge in [-0.15, -0.1) is 0 Å². The number of rotatable bonds is 7. The molecule has 3 aromatic rings. The predicted octanol–water partition coefficient (Wildman–Crippen LogP) is 4.20. The number of benzene rings is 3. The van der Waals surface area contributed by atoms with Crippen molar-refractivity contribution in [3.8, 4) is 5.75 Å². The summed E-state index contributed by atoms with van der Waals surface area (Å²) in [6.45, 7) is 5.22. The molecule has 1 heterocycles. The normalized spacial score (nSPS) is 14.9. The van der Waals surface area contributed by atoms with Gasteiger partial charge in [-0.05, 0) is 35.4 Å². The summed E-state index contributed by atoms with van der Waals surface area (Å²) in [5.41, 5.74) is 3.21. The summed E-state index contributed by atoms with van der Waals surface area (Å²) in [6.07, 6.45) is 0. The topological polar surface area (TPSA) is 49.9 Å². The van der Waals surface area contributed by atoms with Crippen molar-refractivity contribution in [2.24, 2.45) is 0 Å². The monoisotopic (exact) mass is 428 g/mol. The summed E-state index contributed by atoms with van der Waals surface area (Å²) in [5, 5.41) is 0. The largest absolute Gasteiger partial charge is 0.427 e. The molecule has 3 aromatic carbocycles. The Labute approximate surface area is 189 Å². The van der Waals surface area contributed by atoms with Gasteiger partial charge < -0.3 is 4.74 Å². The number of hydrogen-bond acceptors (Lipinski definition) is 5. The highest BCUT2D eigenvalue weighted by Gasteiger charge is 2.27. The molecule has 0 bridgehead atoms. The first-order valence-electron chi connectivity index (χ1n) is 11.0. The third-order valence-electron chi connectivity index (χ3n) is 5.81. The maximum atomic E-state index is 12.7. The Morgan fingerprint density at radius 2 is 1.31 bits per heavy atom. The average molecular weight is 429 g/mol. The molecule has 0 atom stereocenters. The SMILES string of the molecule is CC(=O)Oc1ccc(C(=O)CN2CCN(C(c3ccccc3)c3ccccc3)CC2)cc1. The molecule has 1 fully saturated rings. The van der Waals surface area contributed by atoms with Crippen LogP contribution in [0.3, 0.4) is 0 Å². The minimum Gasteiger partial charge on any atom is -0.427 e. The highest BCUT2D eigenvalue weighted by atomic mass is 16.5. The maximum Gasteiger partial charge on any atom is 0.308 e. The van der Waals surface area contributed by atoms with Gasteiger partial charge in [0.1, 0.15) is 5.75 Å². The highest BCUT2D eigenvalue weighted by Crippen LogP contribution is 2.29. The Kier molecular flexibility index (Phi) is 7.10. The van der Waals surface area contributed by atoms with E-state index in [1.807, 2.05) is 12.1 Å². The van der Waals surface area contributed by atoms with E-state index in [-0.39, 0.29) is 17.8 Å². The molecule has 4 rings (SSSR count). The lowest BCUT2D eigenvalue weighted by Gasteiger charge is -2.39. The van der Waals surface area contributed by atoms with Crippen LogP contribution in [-0.2, 0) is 4.79 Å². The van der Waals surface area contributed by atoms with Crippen LogP contribution in [0.15, 0.2) is 84.9 Å². The molecule has 0 N–H and O–H groups in total. The molecule has 0 radical (unpaired) electrons. The first-order chi connectivity index (χ1) is 15.6. The van der Waals surface area contributed by atoms with E-state index in [1.165, 1.54) is 18.1 Å². The minimum absolute atomic E-state index is 0.0792. The van der Waals surface area contributed by atoms with Crippen molar-refractivity contribution in [1.82, 2.24) is 9.80 Å². The molecule has 164 valence electrons. The fourth-order valence-electron chi connectivity index (χ4n) is 4.23. The molecule has 0 spiro atoms. The van der Waals surface area contributed by atoms with Crippen LogP contribution in [0.5, 0.6) is 5.75 Å². The maximum absolute atomic E-state index is 12.7. The third-order valence-corrected chi connectivity index (χ3v) is 5.81. The third kappa shape index (κ3) is 5.49. The summed E-state index contributed by atoms with van der Waals surface area (Å²) in [6, 6.07) is 28.2. The van der Waals surface area contributed by atoms with E-state index in [0.717, 1.165) is 26.2 Å². The number of hydrogen-bond donors (Lipinski definition) is 0. The van der Waals surface area contributed by atoms with Gasteiger partial charge >= 0.3 is 5.97 Å². The Morgan fingerprint density at radius 3 is 1.81 bits per heavy atom. The van der Waals surface area contributed by atoms with E-state index < -0.39 is 0 Å². The molecular formula is C27H28N2O3. The molecule has 0 aliphatic carbocycles. The molecule has 0 amide bonds. The van der Waals surface area contributed by atoms with Crippen LogP contribution >= 0.6 is 0 Å². The smallest absolute Gasteiger partial charge is 0.308 e. The molecule has 0 unspecified atom stereocenters. The Hall–Kier alpha value is -3.28. The predicted molar refractivity (Wildman–Crippen MR) is 125 cm³/mol. The van der Waals surface area contributed by atoms with E-state index in [4.69, 9.17) is 4.74 Å². The fraction of sp³-hybridized carbons (Fsp3) is 0.259. The molecule has 1 saturated heterocycles. The summed E-state index contributed by atoms with van der Waals surface area (Å²) in [5.74, 6) is 0.164. The van der Waals surface area contributed by atoms with E-state index >= 15 is 0 Å². The number of carbonyl (C=O) groups is 2. The zero-order chi connectivity index (χ0) is 22.3. The zero-order valence-corrected chi connectivity index (χ0v) is 18.3. The summed E-state index contributed by atoms with van der Waals surface area (Å²) >= 11 is 0. The van der Waals surface area contributed by atoms with Crippen LogP contribution in [0.25, 0.3) is 0 Å². The van der Waals surface area contributed by atoms with Crippen molar-refractivity contribution in [1.29, 1.82) is 0 Å². The molecule has 5 heteroatoms. The first-order valence-corrected chi connectivity index (χ1v) is 11.0. The van der Waals surface area contributed by atoms with Crippen LogP contribution in [0.1, 0.15) is 34.5 Å². The van der Waals surface area contributed by atoms with Gasteiger partial charge in [0.15, 0.2) is 5.78 Å². The number of ether oxygens (including phenoxy) is 1. The van der Waals surface area contributed by atoms with Crippen molar-refractivity contribution < 1.29 is 14.3 Å². The highest BCUT2D eigenvalue weighted by molar-refractivity contribution is 5.97. The number of Topliss-reactive ketones (excluding diaryl/α,β-unsaturated/α-hetero) is 1. The molecular weight excluding hydrogens is 400 g/mol. The van der Waals surface area contributed by atoms with Crippen molar-refractivity contribution in [3.05, 3.63) is 102 Å². The Balaban J connectivity index is 1.38. The summed E-state index contributed by atoms with van der Waals surface area (Å²) in [7, 11) is 0. The first kappa shape index (κ1) is 21.9. The van der Waals surface area contributed by atoms with Crippen LogP contribution < -0.4 is 4.74 Å². The van der Waals surface area contributed by atoms with Gasteiger partial charge in [-0.1, -0.05) is 60.7 Å². The second-order valence-electron chi connectivity index (χ2n) is 8.08. The van der Waals surface area contributed by atoms with Crippen molar-refractivity contribution >= 4 is 11.8 Å². The van der Waals surface area contributed by atoms with E-state index in [9.17, 15) is 9.59 Å². The van der Waals surface area contributed by atoms with Gasteiger partial charge in [-0.25, -0.2) is 0 Å². The molecule has 32 heavy (non-hydrogen) atoms. The fourth-order valence-corrected chi connectivity index (χ4v) is 4.23. The lowest BCUT2D eigenvalue weighted by atomic mass is 9.96. The molecule has 1 aliphatic rings. The minimum atomic E-state index is -0.369. The summed E-state index contributed by atoms with van der Waals surface area (Å²) < 4.78 is 5.04. The van der Waals surface area contributed by atoms with Crippen LogP contribution in [0, 0.1) is 0 Å². The van der Waals surface area contributed by atoms with Crippen molar-refractivity contribution in [2.75, 3.05) is 32.7 Å². The van der Waals surface area contributed by atoms with Gasteiger partial charge in [0.2, 0.25) is 0 Å². The van der Waals surface area contributed by atoms with Crippen LogP contribution in [0.4, 0.5) is 0 Å². The van der Waals surface area contributed by atoms with Crippen LogP contribution in [-0.4, -0.2) is 54.3 Å². The van der Waals surface area contributed by atoms with Crippen molar-refractivity contribution in [3.63, 3.8) is 0 Å². The molecule has 1 aliphatic heterocycles. The second-order valence-corrected chi connectivity index (χ2v) is 8.08. The average Bonchev–Trinajstić information content (AvgIpc) is 2.82. The van der Waals surface area contributed by atoms with Gasteiger partial charge in [-0.3, -0.25) is 19.4 Å². The molecule has 0 saturated carbocycles. The van der Waals surface area contributed by atoms with Gasteiger partial charge in [0.25, 0.3) is 0 Å². The number of nitrogens with zero attached hydrogens (tertiary/aromatic N) is 2. The standard InChI is InChI=1S/C27H28N2O3/c1-21(30)32-25-14-12-22(13-15-25)26(31)20-28-16-18-29(19-17-28)27(23-8-4-2-5-9-23)24-10-6-3-7-11-24/h2-15,27H,16-20H2,1H3. The number of carbonyl (C=O) groups excluding carboxylic acids is 2. The van der Waals surface area contributed by atoms with Crippen LogP contribution in [0.2, 0.25) is 0 Å². The van der Waals surface area contributed by atoms with E-state index in [0.29, 0.717) is 17.9 Å². The van der Waals surface area contributed by atoms with Gasteiger partial charge in [-0.2, -0.15) is 0 Å². The zero-order valence-electron chi connectivity index (χ0n) is 18.3.